The van der Waals surface area contributed by atoms with Crippen molar-refractivity contribution in [2.75, 3.05) is 20.7 Å². The lowest BCUT2D eigenvalue weighted by Gasteiger charge is -2.16. The number of phenols is 1. The summed E-state index contributed by atoms with van der Waals surface area (Å²) in [4.78, 5) is 29.6. The van der Waals surface area contributed by atoms with Crippen molar-refractivity contribution in [1.82, 2.24) is 9.88 Å². The second-order valence-electron chi connectivity index (χ2n) is 9.17. The number of pyridine rings is 1. The van der Waals surface area contributed by atoms with E-state index in [0.29, 0.717) is 0 Å². The summed E-state index contributed by atoms with van der Waals surface area (Å²) in [5.74, 6) is -8.18. The van der Waals surface area contributed by atoms with Crippen molar-refractivity contribution in [3.05, 3.63) is 94.0 Å². The van der Waals surface area contributed by atoms with Gasteiger partial charge in [0, 0.05) is 25.2 Å². The van der Waals surface area contributed by atoms with Crippen LogP contribution < -0.4 is 19.9 Å². The lowest BCUT2D eigenvalue weighted by atomic mass is 10.2. The number of esters is 1. The molecular formula is C30H25ClF2N4O7. The van der Waals surface area contributed by atoms with Gasteiger partial charge in [-0.05, 0) is 61.5 Å². The Morgan fingerprint density at radius 3 is 2.25 bits per heavy atom. The van der Waals surface area contributed by atoms with E-state index in [4.69, 9.17) is 41.7 Å². The van der Waals surface area contributed by atoms with E-state index in [1.54, 1.807) is 21.0 Å². The first kappa shape index (κ1) is 31.5. The van der Waals surface area contributed by atoms with Gasteiger partial charge in [0.15, 0.2) is 11.5 Å². The molecule has 228 valence electrons. The summed E-state index contributed by atoms with van der Waals surface area (Å²) in [6, 6.07) is 13.0. The average Bonchev–Trinajstić information content (AvgIpc) is 2.99. The number of carbonyl (C=O) groups is 2. The average molecular weight is 627 g/mol. The van der Waals surface area contributed by atoms with Gasteiger partial charge in [-0.25, -0.2) is 4.79 Å². The van der Waals surface area contributed by atoms with Crippen molar-refractivity contribution in [3.63, 3.8) is 0 Å². The molecule has 0 aliphatic carbocycles. The van der Waals surface area contributed by atoms with Crippen LogP contribution >= 0.6 is 11.6 Å². The maximum Gasteiger partial charge on any atom is 0.338 e. The van der Waals surface area contributed by atoms with Gasteiger partial charge in [-0.3, -0.25) is 10.2 Å². The summed E-state index contributed by atoms with van der Waals surface area (Å²) >= 11 is 6.25. The highest BCUT2D eigenvalue weighted by Crippen LogP contribution is 2.42. The molecule has 1 heterocycles. The zero-order chi connectivity index (χ0) is 32.1. The number of carbonyl (C=O) groups excluding carboxylic acids is 2. The molecule has 0 saturated heterocycles. The van der Waals surface area contributed by atoms with Crippen molar-refractivity contribution in [3.8, 4) is 40.5 Å². The SMILES string of the molecule is CCOC(=O)c1ccc(Oc2c(F)c(Oc3cccc(C(=O)N(C)C)c3)nc(Oc3cc(C(=N)N)ccc3O)c2F)c(Cl)c1. The van der Waals surface area contributed by atoms with E-state index in [9.17, 15) is 14.7 Å². The molecule has 0 atom stereocenters. The minimum absolute atomic E-state index is 0.0362. The fraction of sp³-hybridized carbons (Fsp3) is 0.133. The van der Waals surface area contributed by atoms with Gasteiger partial charge in [-0.15, -0.1) is 0 Å². The van der Waals surface area contributed by atoms with E-state index in [-0.39, 0.29) is 57.3 Å². The molecule has 44 heavy (non-hydrogen) atoms. The first-order chi connectivity index (χ1) is 20.9. The number of hydrogen-bond acceptors (Lipinski definition) is 9. The predicted molar refractivity (Wildman–Crippen MR) is 155 cm³/mol. The van der Waals surface area contributed by atoms with Crippen molar-refractivity contribution >= 4 is 29.3 Å². The van der Waals surface area contributed by atoms with Crippen LogP contribution in [0.25, 0.3) is 0 Å². The van der Waals surface area contributed by atoms with Crippen LogP contribution in [0.3, 0.4) is 0 Å². The molecule has 0 unspecified atom stereocenters. The molecule has 1 amide bonds. The van der Waals surface area contributed by atoms with Crippen LogP contribution in [0, 0.1) is 17.0 Å². The van der Waals surface area contributed by atoms with E-state index in [2.05, 4.69) is 4.98 Å². The van der Waals surface area contributed by atoms with E-state index >= 15 is 8.78 Å². The Morgan fingerprint density at radius 2 is 1.61 bits per heavy atom. The smallest absolute Gasteiger partial charge is 0.338 e. The molecule has 1 aromatic heterocycles. The minimum Gasteiger partial charge on any atom is -0.504 e. The van der Waals surface area contributed by atoms with Gasteiger partial charge in [0.05, 0.1) is 17.2 Å². The quantitative estimate of drug-likeness (QED) is 0.105. The molecule has 4 aromatic rings. The zero-order valence-electron chi connectivity index (χ0n) is 23.5. The number of rotatable bonds is 10. The second kappa shape index (κ2) is 13.3. The largest absolute Gasteiger partial charge is 0.504 e. The number of aromatic nitrogens is 1. The molecule has 3 aromatic carbocycles. The van der Waals surface area contributed by atoms with Crippen LogP contribution in [0.2, 0.25) is 5.02 Å². The molecule has 0 radical (unpaired) electrons. The number of ether oxygens (including phenoxy) is 4. The molecule has 0 spiro atoms. The Morgan fingerprint density at radius 1 is 0.932 bits per heavy atom. The van der Waals surface area contributed by atoms with Crippen molar-refractivity contribution < 1.29 is 42.4 Å². The van der Waals surface area contributed by atoms with Gasteiger partial charge in [0.2, 0.25) is 17.4 Å². The molecule has 14 heteroatoms. The molecule has 0 aliphatic heterocycles. The van der Waals surface area contributed by atoms with Crippen LogP contribution in [0.1, 0.15) is 33.2 Å². The molecular weight excluding hydrogens is 602 g/mol. The number of phenolic OH excluding ortho intramolecular Hbond substituents is 1. The molecule has 11 nitrogen and oxygen atoms in total. The third kappa shape index (κ3) is 6.95. The molecule has 0 aliphatic rings. The normalized spacial score (nSPS) is 10.6. The minimum atomic E-state index is -1.45. The summed E-state index contributed by atoms with van der Waals surface area (Å²) in [7, 11) is 3.09. The van der Waals surface area contributed by atoms with Crippen molar-refractivity contribution in [2.45, 2.75) is 6.92 Å². The number of aromatic hydroxyl groups is 1. The number of nitrogens with zero attached hydrogens (tertiary/aromatic N) is 2. The number of nitrogen functional groups attached to an aromatic ring is 1. The van der Waals surface area contributed by atoms with E-state index < -0.39 is 40.9 Å². The summed E-state index contributed by atoms with van der Waals surface area (Å²) in [5, 5.41) is 17.7. The molecule has 4 N–H and O–H groups in total. The Bertz CT molecular complexity index is 1770. The molecule has 0 bridgehead atoms. The fourth-order valence-corrected chi connectivity index (χ4v) is 3.89. The maximum absolute atomic E-state index is 15.8. The number of hydrogen-bond donors (Lipinski definition) is 3. The van der Waals surface area contributed by atoms with Crippen LogP contribution in [0.15, 0.2) is 60.7 Å². The van der Waals surface area contributed by atoms with Crippen LogP contribution in [-0.2, 0) is 4.74 Å². The molecule has 0 saturated carbocycles. The first-order valence-electron chi connectivity index (χ1n) is 12.8. The van der Waals surface area contributed by atoms with E-state index in [1.807, 2.05) is 0 Å². The zero-order valence-corrected chi connectivity index (χ0v) is 24.2. The summed E-state index contributed by atoms with van der Waals surface area (Å²) in [6.45, 7) is 1.74. The fourth-order valence-electron chi connectivity index (χ4n) is 3.67. The lowest BCUT2D eigenvalue weighted by Crippen LogP contribution is -2.21. The second-order valence-corrected chi connectivity index (χ2v) is 9.58. The Balaban J connectivity index is 1.81. The van der Waals surface area contributed by atoms with Gasteiger partial charge in [-0.1, -0.05) is 17.7 Å². The number of amidine groups is 1. The van der Waals surface area contributed by atoms with Crippen LogP contribution in [0.5, 0.6) is 40.5 Å². The number of benzene rings is 3. The summed E-state index contributed by atoms with van der Waals surface area (Å²) in [6.07, 6.45) is 0. The standard InChI is InChI=1S/C30H25ClF2N4O7/c1-4-41-30(40)17-9-11-21(19(31)13-17)43-25-23(32)27(42-18-7-5-6-16(12-18)29(39)37(2)3)36-28(24(25)33)44-22-14-15(26(34)35)8-10-20(22)38/h5-14,38H,4H2,1-3H3,(H3,34,35). The van der Waals surface area contributed by atoms with Crippen molar-refractivity contribution in [1.29, 1.82) is 5.41 Å². The monoisotopic (exact) mass is 626 g/mol. The number of halogens is 3. The van der Waals surface area contributed by atoms with E-state index in [1.165, 1.54) is 53.4 Å². The van der Waals surface area contributed by atoms with Gasteiger partial charge >= 0.3 is 5.97 Å². The van der Waals surface area contributed by atoms with Crippen LogP contribution in [0.4, 0.5) is 8.78 Å². The highest BCUT2D eigenvalue weighted by Gasteiger charge is 2.27. The van der Waals surface area contributed by atoms with Gasteiger partial charge in [0.1, 0.15) is 17.3 Å². The van der Waals surface area contributed by atoms with Gasteiger partial charge in [-0.2, -0.15) is 13.8 Å². The number of amides is 1. The number of nitrogens with one attached hydrogen (secondary N) is 1. The number of nitrogens with two attached hydrogens (primary N) is 1. The highest BCUT2D eigenvalue weighted by molar-refractivity contribution is 6.32. The maximum atomic E-state index is 15.8. The highest BCUT2D eigenvalue weighted by atomic mass is 35.5. The Labute approximate surface area is 254 Å². The molecule has 4 rings (SSSR count). The van der Waals surface area contributed by atoms with E-state index in [0.717, 1.165) is 12.1 Å². The first-order valence-corrected chi connectivity index (χ1v) is 13.2. The van der Waals surface area contributed by atoms with Gasteiger partial charge in [0.25, 0.3) is 17.7 Å². The van der Waals surface area contributed by atoms with Crippen LogP contribution in [-0.4, -0.2) is 53.4 Å². The Hall–Kier alpha value is -5.43. The topological polar surface area (TPSA) is 157 Å². The predicted octanol–water partition coefficient (Wildman–Crippen LogP) is 6.26. The summed E-state index contributed by atoms with van der Waals surface area (Å²) < 4.78 is 53.1. The Kier molecular flexibility index (Phi) is 9.49. The lowest BCUT2D eigenvalue weighted by molar-refractivity contribution is 0.0526. The third-order valence-electron chi connectivity index (χ3n) is 5.81. The summed E-state index contributed by atoms with van der Waals surface area (Å²) in [5.41, 5.74) is 5.92. The van der Waals surface area contributed by atoms with Crippen molar-refractivity contribution in [2.24, 2.45) is 5.73 Å². The third-order valence-corrected chi connectivity index (χ3v) is 6.11. The van der Waals surface area contributed by atoms with Gasteiger partial charge < -0.3 is 34.7 Å². The molecule has 0 fully saturated rings.